The molecule has 7 nitrogen and oxygen atoms in total. The standard InChI is InChI=1S/C26H29F2N3O4S/c1-18(2)30(25(32)19-9-11-21(27)12-10-19)15-22-14-29-26(31(22)16-23-7-5-13-35-23)36(33,34)17-20-6-3-4-8-24(20)28/h3-4,6,8-12,14,18,23H,5,7,13,15-17H2,1-2H3/t23-/m1/s1. The molecule has 1 aliphatic rings. The number of nitrogens with zero attached hydrogens (tertiary/aromatic N) is 3. The molecule has 1 saturated heterocycles. The van der Waals surface area contributed by atoms with Crippen LogP contribution in [0.5, 0.6) is 0 Å². The molecular weight excluding hydrogens is 488 g/mol. The second kappa shape index (κ2) is 10.9. The van der Waals surface area contributed by atoms with Crippen LogP contribution in [0.4, 0.5) is 8.78 Å². The number of halogens is 2. The maximum Gasteiger partial charge on any atom is 0.254 e. The molecule has 1 amide bonds. The van der Waals surface area contributed by atoms with Crippen molar-refractivity contribution in [1.82, 2.24) is 14.5 Å². The SMILES string of the molecule is CC(C)N(Cc1cnc(S(=O)(=O)Cc2ccccc2F)n1C[C@H]1CCCO1)C(=O)c1ccc(F)cc1. The fourth-order valence-electron chi connectivity index (χ4n) is 4.26. The summed E-state index contributed by atoms with van der Waals surface area (Å²) in [6, 6.07) is 10.8. The first-order chi connectivity index (χ1) is 17.2. The Morgan fingerprint density at radius 1 is 1.17 bits per heavy atom. The van der Waals surface area contributed by atoms with E-state index in [1.807, 2.05) is 13.8 Å². The van der Waals surface area contributed by atoms with E-state index in [0.717, 1.165) is 12.8 Å². The summed E-state index contributed by atoms with van der Waals surface area (Å²) in [6.45, 7) is 4.62. The fraction of sp³-hybridized carbons (Fsp3) is 0.385. The lowest BCUT2D eigenvalue weighted by Crippen LogP contribution is -2.37. The zero-order valence-corrected chi connectivity index (χ0v) is 21.0. The van der Waals surface area contributed by atoms with Gasteiger partial charge in [-0.3, -0.25) is 4.79 Å². The van der Waals surface area contributed by atoms with Gasteiger partial charge in [0, 0.05) is 23.8 Å². The first-order valence-corrected chi connectivity index (χ1v) is 13.5. The Kier molecular flexibility index (Phi) is 7.85. The van der Waals surface area contributed by atoms with E-state index in [9.17, 15) is 22.0 Å². The molecule has 192 valence electrons. The van der Waals surface area contributed by atoms with Gasteiger partial charge >= 0.3 is 0 Å². The molecule has 1 fully saturated rings. The van der Waals surface area contributed by atoms with Gasteiger partial charge in [-0.1, -0.05) is 18.2 Å². The molecule has 0 bridgehead atoms. The second-order valence-corrected chi connectivity index (χ2v) is 11.0. The number of hydrogen-bond acceptors (Lipinski definition) is 5. The number of aromatic nitrogens is 2. The van der Waals surface area contributed by atoms with E-state index in [4.69, 9.17) is 4.74 Å². The Balaban J connectivity index is 1.68. The van der Waals surface area contributed by atoms with Crippen molar-refractivity contribution >= 4 is 15.7 Å². The molecule has 4 rings (SSSR count). The quantitative estimate of drug-likeness (QED) is 0.421. The van der Waals surface area contributed by atoms with E-state index >= 15 is 0 Å². The molecule has 36 heavy (non-hydrogen) atoms. The molecule has 3 aromatic rings. The number of carbonyl (C=O) groups is 1. The summed E-state index contributed by atoms with van der Waals surface area (Å²) in [5.74, 6) is -1.90. The van der Waals surface area contributed by atoms with Crippen LogP contribution in [0.15, 0.2) is 59.9 Å². The lowest BCUT2D eigenvalue weighted by atomic mass is 10.1. The molecule has 2 heterocycles. The third-order valence-electron chi connectivity index (χ3n) is 6.20. The molecule has 0 saturated carbocycles. The third-order valence-corrected chi connectivity index (χ3v) is 7.77. The molecule has 2 aromatic carbocycles. The summed E-state index contributed by atoms with van der Waals surface area (Å²) in [5.41, 5.74) is 0.894. The number of ether oxygens (including phenoxy) is 1. The summed E-state index contributed by atoms with van der Waals surface area (Å²) in [5, 5.41) is -0.186. The van der Waals surface area contributed by atoms with Crippen molar-refractivity contribution in [3.8, 4) is 0 Å². The number of sulfone groups is 1. The summed E-state index contributed by atoms with van der Waals surface area (Å²) in [6.07, 6.45) is 2.89. The van der Waals surface area contributed by atoms with Gasteiger partial charge in [0.05, 0.1) is 36.8 Å². The van der Waals surface area contributed by atoms with Crippen molar-refractivity contribution in [2.24, 2.45) is 0 Å². The molecule has 10 heteroatoms. The minimum absolute atomic E-state index is 0.0565. The third kappa shape index (κ3) is 5.82. The first-order valence-electron chi connectivity index (χ1n) is 11.8. The molecular formula is C26H29F2N3O4S. The number of imidazole rings is 1. The topological polar surface area (TPSA) is 81.5 Å². The van der Waals surface area contributed by atoms with Crippen LogP contribution in [0, 0.1) is 11.6 Å². The normalized spacial score (nSPS) is 16.0. The van der Waals surface area contributed by atoms with Gasteiger partial charge < -0.3 is 14.2 Å². The zero-order valence-electron chi connectivity index (χ0n) is 20.2. The Bertz CT molecular complexity index is 1320. The number of benzene rings is 2. The smallest absolute Gasteiger partial charge is 0.254 e. The van der Waals surface area contributed by atoms with Crippen molar-refractivity contribution in [3.63, 3.8) is 0 Å². The second-order valence-electron chi connectivity index (χ2n) is 9.16. The average molecular weight is 518 g/mol. The maximum absolute atomic E-state index is 14.2. The van der Waals surface area contributed by atoms with Crippen molar-refractivity contribution in [3.05, 3.63) is 83.2 Å². The van der Waals surface area contributed by atoms with Gasteiger partial charge in [-0.15, -0.1) is 0 Å². The average Bonchev–Trinajstić information content (AvgIpc) is 3.49. The molecule has 1 atom stereocenters. The van der Waals surface area contributed by atoms with E-state index < -0.39 is 27.2 Å². The molecule has 0 radical (unpaired) electrons. The number of amides is 1. The van der Waals surface area contributed by atoms with Gasteiger partial charge in [0.15, 0.2) is 0 Å². The largest absolute Gasteiger partial charge is 0.376 e. The molecule has 0 spiro atoms. The minimum atomic E-state index is -4.01. The number of rotatable bonds is 9. The number of carbonyl (C=O) groups excluding carboxylic acids is 1. The van der Waals surface area contributed by atoms with Crippen LogP contribution in [-0.4, -0.2) is 47.5 Å². The zero-order chi connectivity index (χ0) is 25.9. The highest BCUT2D eigenvalue weighted by Crippen LogP contribution is 2.24. The van der Waals surface area contributed by atoms with Gasteiger partial charge in [0.1, 0.15) is 11.6 Å². The van der Waals surface area contributed by atoms with Crippen molar-refractivity contribution in [2.75, 3.05) is 6.61 Å². The summed E-state index contributed by atoms with van der Waals surface area (Å²) >= 11 is 0. The van der Waals surface area contributed by atoms with E-state index in [-0.39, 0.29) is 41.9 Å². The van der Waals surface area contributed by atoms with Crippen LogP contribution in [0.3, 0.4) is 0 Å². The summed E-state index contributed by atoms with van der Waals surface area (Å²) < 4.78 is 61.6. The van der Waals surface area contributed by atoms with Crippen molar-refractivity contribution < 1.29 is 26.7 Å². The van der Waals surface area contributed by atoms with E-state index in [0.29, 0.717) is 17.9 Å². The number of hydrogen-bond donors (Lipinski definition) is 0. The minimum Gasteiger partial charge on any atom is -0.376 e. The van der Waals surface area contributed by atoms with Crippen LogP contribution in [-0.2, 0) is 33.4 Å². The van der Waals surface area contributed by atoms with Gasteiger partial charge in [0.25, 0.3) is 5.91 Å². The predicted octanol–water partition coefficient (Wildman–Crippen LogP) is 4.37. The van der Waals surface area contributed by atoms with E-state index in [1.165, 1.54) is 48.7 Å². The van der Waals surface area contributed by atoms with E-state index in [2.05, 4.69) is 4.98 Å². The van der Waals surface area contributed by atoms with E-state index in [1.54, 1.807) is 15.5 Å². The lowest BCUT2D eigenvalue weighted by Gasteiger charge is -2.28. The summed E-state index contributed by atoms with van der Waals surface area (Å²) in [4.78, 5) is 19.0. The Hall–Kier alpha value is -3.11. The molecule has 1 aliphatic heterocycles. The first kappa shape index (κ1) is 26.0. The fourth-order valence-corrected chi connectivity index (χ4v) is 5.77. The van der Waals surface area contributed by atoms with Gasteiger partial charge in [0.2, 0.25) is 15.0 Å². The molecule has 0 aliphatic carbocycles. The van der Waals surface area contributed by atoms with Crippen molar-refractivity contribution in [2.45, 2.75) is 62.8 Å². The Labute approximate surface area is 209 Å². The van der Waals surface area contributed by atoms with Crippen LogP contribution in [0.1, 0.15) is 48.3 Å². The monoisotopic (exact) mass is 517 g/mol. The van der Waals surface area contributed by atoms with Gasteiger partial charge in [-0.25, -0.2) is 22.2 Å². The summed E-state index contributed by atoms with van der Waals surface area (Å²) in [7, 11) is -4.01. The Morgan fingerprint density at radius 2 is 1.89 bits per heavy atom. The molecule has 0 N–H and O–H groups in total. The van der Waals surface area contributed by atoms with Crippen LogP contribution in [0.25, 0.3) is 0 Å². The van der Waals surface area contributed by atoms with Gasteiger partial charge in [-0.05, 0) is 57.0 Å². The highest BCUT2D eigenvalue weighted by Gasteiger charge is 2.29. The van der Waals surface area contributed by atoms with Crippen LogP contribution < -0.4 is 0 Å². The van der Waals surface area contributed by atoms with Crippen molar-refractivity contribution in [1.29, 1.82) is 0 Å². The molecule has 1 aromatic heterocycles. The van der Waals surface area contributed by atoms with Crippen LogP contribution >= 0.6 is 0 Å². The lowest BCUT2D eigenvalue weighted by molar-refractivity contribution is 0.0678. The van der Waals surface area contributed by atoms with Crippen LogP contribution in [0.2, 0.25) is 0 Å². The highest BCUT2D eigenvalue weighted by molar-refractivity contribution is 7.90. The predicted molar refractivity (Wildman–Crippen MR) is 130 cm³/mol. The highest BCUT2D eigenvalue weighted by atomic mass is 32.2. The molecule has 0 unspecified atom stereocenters. The Morgan fingerprint density at radius 3 is 2.53 bits per heavy atom. The van der Waals surface area contributed by atoms with Gasteiger partial charge in [-0.2, -0.15) is 0 Å². The maximum atomic E-state index is 14.2.